The third kappa shape index (κ3) is 5.50. The number of rotatable bonds is 7. The van der Waals surface area contributed by atoms with Crippen LogP contribution in [0.5, 0.6) is 11.5 Å². The van der Waals surface area contributed by atoms with Crippen molar-refractivity contribution in [2.24, 2.45) is 0 Å². The van der Waals surface area contributed by atoms with E-state index >= 15 is 4.39 Å². The van der Waals surface area contributed by atoms with Crippen LogP contribution in [-0.4, -0.2) is 81.9 Å². The summed E-state index contributed by atoms with van der Waals surface area (Å²) in [6.07, 6.45) is -3.66. The van der Waals surface area contributed by atoms with E-state index in [-0.39, 0.29) is 60.0 Å². The summed E-state index contributed by atoms with van der Waals surface area (Å²) in [6, 6.07) is 10.0. The van der Waals surface area contributed by atoms with Crippen molar-refractivity contribution in [2.75, 3.05) is 40.5 Å². The van der Waals surface area contributed by atoms with Gasteiger partial charge in [0.1, 0.15) is 11.3 Å². The number of alkyl halides is 3. The molecule has 1 saturated heterocycles. The van der Waals surface area contributed by atoms with Crippen LogP contribution < -0.4 is 9.47 Å². The molecule has 0 spiro atoms. The molecule has 43 heavy (non-hydrogen) atoms. The Morgan fingerprint density at radius 1 is 1.12 bits per heavy atom. The zero-order valence-electron chi connectivity index (χ0n) is 24.0. The van der Waals surface area contributed by atoms with Crippen molar-refractivity contribution in [2.45, 2.75) is 32.1 Å². The van der Waals surface area contributed by atoms with Gasteiger partial charge in [-0.15, -0.1) is 0 Å². The lowest BCUT2D eigenvalue weighted by atomic mass is 10.0. The van der Waals surface area contributed by atoms with Gasteiger partial charge in [-0.1, -0.05) is 12.1 Å². The number of hydrogen-bond acceptors (Lipinski definition) is 7. The summed E-state index contributed by atoms with van der Waals surface area (Å²) in [5.74, 6) is -0.512. The number of nitrogens with zero attached hydrogens (tertiary/aromatic N) is 5. The molecule has 1 fully saturated rings. The number of methoxy groups -OCH3 is 2. The van der Waals surface area contributed by atoms with E-state index in [0.29, 0.717) is 15.8 Å². The Kier molecular flexibility index (Phi) is 8.30. The van der Waals surface area contributed by atoms with E-state index in [2.05, 4.69) is 10.1 Å². The first kappa shape index (κ1) is 30.2. The highest BCUT2D eigenvalue weighted by molar-refractivity contribution is 6.00. The lowest BCUT2D eigenvalue weighted by Gasteiger charge is -2.43. The molecule has 1 aliphatic heterocycles. The fraction of sp³-hybridized carbons (Fsp3) is 0.367. The molecule has 9 nitrogen and oxygen atoms in total. The number of aromatic nitrogens is 3. The Bertz CT molecular complexity index is 1640. The van der Waals surface area contributed by atoms with Crippen molar-refractivity contribution >= 4 is 11.6 Å². The smallest absolute Gasteiger partial charge is 0.433 e. The van der Waals surface area contributed by atoms with Gasteiger partial charge in [0.25, 0.3) is 5.91 Å². The van der Waals surface area contributed by atoms with Gasteiger partial charge >= 0.3 is 6.18 Å². The SMILES string of the molecule is COc1ccc(-c2nc3c(C(=O)N4CCN(C(CO)c5cccc(OC)c5F)C[C@H]4C)cnn3c(C(F)(F)F)c2C)cc1. The van der Waals surface area contributed by atoms with Crippen LogP contribution in [0.25, 0.3) is 16.9 Å². The van der Waals surface area contributed by atoms with Gasteiger partial charge < -0.3 is 19.5 Å². The minimum absolute atomic E-state index is 0.0564. The third-order valence-electron chi connectivity index (χ3n) is 7.85. The van der Waals surface area contributed by atoms with Crippen LogP contribution in [0.2, 0.25) is 0 Å². The Hall–Kier alpha value is -4.23. The number of carbonyl (C=O) groups excluding carboxylic acids is 1. The van der Waals surface area contributed by atoms with Gasteiger partial charge in [0.2, 0.25) is 0 Å². The van der Waals surface area contributed by atoms with Crippen molar-refractivity contribution in [1.82, 2.24) is 24.4 Å². The van der Waals surface area contributed by atoms with Gasteiger partial charge in [0.05, 0.1) is 38.8 Å². The van der Waals surface area contributed by atoms with E-state index in [1.165, 1.54) is 32.1 Å². The highest BCUT2D eigenvalue weighted by Gasteiger charge is 2.40. The highest BCUT2D eigenvalue weighted by atomic mass is 19.4. The molecule has 1 unspecified atom stereocenters. The lowest BCUT2D eigenvalue weighted by molar-refractivity contribution is -0.143. The number of aliphatic hydroxyl groups is 1. The molecule has 2 aromatic carbocycles. The van der Waals surface area contributed by atoms with E-state index in [1.54, 1.807) is 43.3 Å². The van der Waals surface area contributed by atoms with E-state index < -0.39 is 35.7 Å². The Morgan fingerprint density at radius 3 is 2.44 bits per heavy atom. The maximum atomic E-state index is 15.0. The number of halogens is 4. The number of hydrogen-bond donors (Lipinski definition) is 1. The largest absolute Gasteiger partial charge is 0.497 e. The Morgan fingerprint density at radius 2 is 1.84 bits per heavy atom. The van der Waals surface area contributed by atoms with Crippen LogP contribution >= 0.6 is 0 Å². The van der Waals surface area contributed by atoms with Crippen LogP contribution in [0.3, 0.4) is 0 Å². The molecule has 5 rings (SSSR count). The standard InChI is InChI=1S/C30H31F4N5O4/c1-17-15-37(23(16-40)21-6-5-7-24(43-4)25(21)31)12-13-38(17)29(41)22-14-35-39-27(30(32,33)34)18(2)26(36-28(22)39)19-8-10-20(42-3)11-9-19/h5-11,14,17,23,40H,12-13,15-16H2,1-4H3/t17-,23?/m1/s1. The molecular weight excluding hydrogens is 570 g/mol. The number of ether oxygens (including phenoxy) is 2. The Balaban J connectivity index is 1.48. The van der Waals surface area contributed by atoms with Gasteiger partial charge in [-0.25, -0.2) is 13.9 Å². The quantitative estimate of drug-likeness (QED) is 0.306. The van der Waals surface area contributed by atoms with E-state index in [0.717, 1.165) is 6.20 Å². The minimum atomic E-state index is -4.77. The van der Waals surface area contributed by atoms with Crippen LogP contribution in [0.15, 0.2) is 48.7 Å². The van der Waals surface area contributed by atoms with Crippen LogP contribution in [0.4, 0.5) is 17.6 Å². The maximum Gasteiger partial charge on any atom is 0.433 e. The van der Waals surface area contributed by atoms with Gasteiger partial charge in [0.15, 0.2) is 22.9 Å². The number of fused-ring (bicyclic) bond motifs is 1. The predicted molar refractivity (Wildman–Crippen MR) is 150 cm³/mol. The molecule has 0 saturated carbocycles. The van der Waals surface area contributed by atoms with Gasteiger partial charge in [-0.05, 0) is 44.2 Å². The topological polar surface area (TPSA) is 92.4 Å². The second-order valence-corrected chi connectivity index (χ2v) is 10.4. The van der Waals surface area contributed by atoms with E-state index in [4.69, 9.17) is 9.47 Å². The molecule has 2 atom stereocenters. The van der Waals surface area contributed by atoms with Crippen LogP contribution in [-0.2, 0) is 6.18 Å². The van der Waals surface area contributed by atoms with Crippen molar-refractivity contribution in [3.05, 3.63) is 76.9 Å². The molecule has 1 N–H and O–H groups in total. The summed E-state index contributed by atoms with van der Waals surface area (Å²) in [5.41, 5.74) is -0.677. The summed E-state index contributed by atoms with van der Waals surface area (Å²) in [4.78, 5) is 21.7. The number of benzene rings is 2. The molecule has 2 aromatic heterocycles. The first-order chi connectivity index (χ1) is 20.5. The highest BCUT2D eigenvalue weighted by Crippen LogP contribution is 2.37. The first-order valence-corrected chi connectivity index (χ1v) is 13.6. The second-order valence-electron chi connectivity index (χ2n) is 10.4. The summed E-state index contributed by atoms with van der Waals surface area (Å²) in [7, 11) is 2.84. The molecule has 3 heterocycles. The number of aliphatic hydroxyl groups excluding tert-OH is 1. The first-order valence-electron chi connectivity index (χ1n) is 13.6. The monoisotopic (exact) mass is 601 g/mol. The molecule has 0 aliphatic carbocycles. The predicted octanol–water partition coefficient (Wildman–Crippen LogP) is 4.76. The minimum Gasteiger partial charge on any atom is -0.497 e. The zero-order chi connectivity index (χ0) is 31.1. The number of piperazine rings is 1. The number of amides is 1. The molecule has 1 aliphatic rings. The zero-order valence-corrected chi connectivity index (χ0v) is 24.0. The molecular formula is C30H31F4N5O4. The molecule has 1 amide bonds. The Labute approximate surface area is 245 Å². The molecule has 4 aromatic rings. The maximum absolute atomic E-state index is 15.0. The molecule has 0 radical (unpaired) electrons. The summed E-state index contributed by atoms with van der Waals surface area (Å²) >= 11 is 0. The third-order valence-corrected chi connectivity index (χ3v) is 7.85. The average Bonchev–Trinajstić information content (AvgIpc) is 3.40. The average molecular weight is 602 g/mol. The fourth-order valence-corrected chi connectivity index (χ4v) is 5.67. The van der Waals surface area contributed by atoms with Crippen molar-refractivity contribution < 1.29 is 36.9 Å². The van der Waals surface area contributed by atoms with Crippen molar-refractivity contribution in [1.29, 1.82) is 0 Å². The van der Waals surface area contributed by atoms with Crippen LogP contribution in [0, 0.1) is 12.7 Å². The fourth-order valence-electron chi connectivity index (χ4n) is 5.67. The van der Waals surface area contributed by atoms with E-state index in [9.17, 15) is 23.1 Å². The van der Waals surface area contributed by atoms with Crippen molar-refractivity contribution in [3.8, 4) is 22.8 Å². The van der Waals surface area contributed by atoms with Crippen molar-refractivity contribution in [3.63, 3.8) is 0 Å². The molecule has 0 bridgehead atoms. The lowest BCUT2D eigenvalue weighted by Crippen LogP contribution is -2.55. The summed E-state index contributed by atoms with van der Waals surface area (Å²) in [5, 5.41) is 14.1. The van der Waals surface area contributed by atoms with Gasteiger partial charge in [-0.3, -0.25) is 9.69 Å². The second kappa shape index (κ2) is 11.8. The van der Waals surface area contributed by atoms with E-state index in [1.807, 2.05) is 4.90 Å². The summed E-state index contributed by atoms with van der Waals surface area (Å²) < 4.78 is 68.9. The summed E-state index contributed by atoms with van der Waals surface area (Å²) in [6.45, 7) is 3.49. The molecule has 228 valence electrons. The van der Waals surface area contributed by atoms with Gasteiger partial charge in [0, 0.05) is 42.4 Å². The van der Waals surface area contributed by atoms with Gasteiger partial charge in [-0.2, -0.15) is 18.3 Å². The van der Waals surface area contributed by atoms with Crippen LogP contribution in [0.1, 0.15) is 40.1 Å². The number of carbonyl (C=O) groups is 1. The normalized spacial score (nSPS) is 16.9. The molecule has 13 heteroatoms.